The Morgan fingerprint density at radius 2 is 1.27 bits per heavy atom. The molecule has 2 aliphatic rings. The van der Waals surface area contributed by atoms with Crippen LogP contribution in [0.25, 0.3) is 111 Å². The van der Waals surface area contributed by atoms with Crippen LogP contribution in [0.5, 0.6) is 0 Å². The molecule has 0 unspecified atom stereocenters. The molecular formula is C60H40N4. The highest BCUT2D eigenvalue weighted by Gasteiger charge is 2.22. The van der Waals surface area contributed by atoms with Crippen LogP contribution in [0.4, 0.5) is 0 Å². The average molecular weight is 817 g/mol. The van der Waals surface area contributed by atoms with Crippen molar-refractivity contribution >= 4 is 71.9 Å². The lowest BCUT2D eigenvalue weighted by Crippen LogP contribution is -2.05. The second-order valence-electron chi connectivity index (χ2n) is 17.0. The normalized spacial score (nSPS) is 13.7. The van der Waals surface area contributed by atoms with Gasteiger partial charge < -0.3 is 9.13 Å². The van der Waals surface area contributed by atoms with Crippen molar-refractivity contribution in [1.29, 1.82) is 0 Å². The van der Waals surface area contributed by atoms with Crippen molar-refractivity contribution in [3.8, 4) is 39.2 Å². The summed E-state index contributed by atoms with van der Waals surface area (Å²) >= 11 is 0. The molecule has 0 bridgehead atoms. The molecule has 4 heterocycles. The topological polar surface area (TPSA) is 35.6 Å². The summed E-state index contributed by atoms with van der Waals surface area (Å²) in [5.74, 6) is 0. The molecule has 0 atom stereocenters. The van der Waals surface area contributed by atoms with Gasteiger partial charge in [-0.25, -0.2) is 4.98 Å². The van der Waals surface area contributed by atoms with Crippen LogP contribution >= 0.6 is 0 Å². The first-order chi connectivity index (χ1) is 31.7. The van der Waals surface area contributed by atoms with Crippen molar-refractivity contribution < 1.29 is 0 Å². The fourth-order valence-electron chi connectivity index (χ4n) is 10.3. The molecule has 0 fully saturated rings. The standard InChI is InChI=1S/C60H40N4/c1-3-17-46(18-4-1)63-57-24-11-8-21-48(57)52-35-41(27-30-59(52)63)40-26-29-55-51(34-40)50(42-16-13-15-39(32-42)45-33-43-14-7-10-23-54(43)61-38-45)37-56(62-55)44-28-31-60-53(36-44)49-22-9-12-25-58(49)64(60)47-19-5-2-6-20-47/h1,3-5,7-9,11-22,24-25,27-28,30-38H,2,6,26,29H2. The van der Waals surface area contributed by atoms with Crippen LogP contribution in [0, 0.1) is 12.1 Å². The predicted octanol–water partition coefficient (Wildman–Crippen LogP) is 15.1. The Kier molecular flexibility index (Phi) is 8.35. The number of allylic oxidation sites excluding steroid dienone is 5. The van der Waals surface area contributed by atoms with Crippen LogP contribution < -0.4 is 0 Å². The molecule has 4 nitrogen and oxygen atoms in total. The van der Waals surface area contributed by atoms with Gasteiger partial charge in [0, 0.05) is 66.9 Å². The molecule has 300 valence electrons. The maximum atomic E-state index is 5.53. The Labute approximate surface area is 371 Å². The minimum absolute atomic E-state index is 0.822. The second-order valence-corrected chi connectivity index (χ2v) is 17.0. The predicted molar refractivity (Wildman–Crippen MR) is 266 cm³/mol. The zero-order valence-electron chi connectivity index (χ0n) is 35.1. The van der Waals surface area contributed by atoms with Gasteiger partial charge in [-0.05, 0) is 151 Å². The molecular weight excluding hydrogens is 777 g/mol. The van der Waals surface area contributed by atoms with E-state index in [1.165, 1.54) is 77.3 Å². The minimum atomic E-state index is 0.822. The number of fused-ring (bicyclic) bond motifs is 8. The quantitative estimate of drug-likeness (QED) is 0.168. The van der Waals surface area contributed by atoms with E-state index in [-0.39, 0.29) is 0 Å². The third-order valence-corrected chi connectivity index (χ3v) is 13.3. The zero-order valence-corrected chi connectivity index (χ0v) is 35.1. The molecule has 0 spiro atoms. The number of hydrogen-bond donors (Lipinski definition) is 0. The van der Waals surface area contributed by atoms with Gasteiger partial charge in [-0.15, -0.1) is 0 Å². The van der Waals surface area contributed by atoms with Gasteiger partial charge in [0.1, 0.15) is 5.52 Å². The maximum absolute atomic E-state index is 5.53. The highest BCUT2D eigenvalue weighted by molar-refractivity contribution is 6.12. The van der Waals surface area contributed by atoms with Crippen LogP contribution in [0.3, 0.4) is 0 Å². The van der Waals surface area contributed by atoms with E-state index < -0.39 is 0 Å². The van der Waals surface area contributed by atoms with Crippen LogP contribution in [-0.4, -0.2) is 19.1 Å². The van der Waals surface area contributed by atoms with Gasteiger partial charge in [-0.3, -0.25) is 4.98 Å². The van der Waals surface area contributed by atoms with E-state index in [9.17, 15) is 0 Å². The number of rotatable bonds is 6. The average Bonchev–Trinajstić information content (AvgIpc) is 3.88. The van der Waals surface area contributed by atoms with Gasteiger partial charge >= 0.3 is 0 Å². The van der Waals surface area contributed by atoms with Crippen molar-refractivity contribution in [1.82, 2.24) is 19.1 Å². The van der Waals surface area contributed by atoms with E-state index in [2.05, 4.69) is 203 Å². The molecule has 0 amide bonds. The highest BCUT2D eigenvalue weighted by Crippen LogP contribution is 2.42. The summed E-state index contributed by atoms with van der Waals surface area (Å²) in [6, 6.07) is 65.8. The minimum Gasteiger partial charge on any atom is -0.310 e. The van der Waals surface area contributed by atoms with Crippen LogP contribution in [0.2, 0.25) is 0 Å². The largest absolute Gasteiger partial charge is 0.310 e. The van der Waals surface area contributed by atoms with E-state index in [1.54, 1.807) is 0 Å². The monoisotopic (exact) mass is 816 g/mol. The summed E-state index contributed by atoms with van der Waals surface area (Å²) in [5.41, 5.74) is 19.6. The fraction of sp³-hybridized carbons (Fsp3) is 0.0667. The molecule has 4 aromatic heterocycles. The molecule has 0 aliphatic heterocycles. The van der Waals surface area contributed by atoms with Crippen molar-refractivity contribution in [2.24, 2.45) is 0 Å². The second kappa shape index (κ2) is 14.7. The van der Waals surface area contributed by atoms with E-state index >= 15 is 0 Å². The molecule has 13 rings (SSSR count). The van der Waals surface area contributed by atoms with Crippen molar-refractivity contribution in [2.75, 3.05) is 0 Å². The number of benzene rings is 6. The number of hydrogen-bond acceptors (Lipinski definition) is 2. The zero-order chi connectivity index (χ0) is 42.1. The smallest absolute Gasteiger partial charge is 0.120 e. The summed E-state index contributed by atoms with van der Waals surface area (Å²) in [6.45, 7) is 0. The van der Waals surface area contributed by atoms with E-state index in [0.717, 1.165) is 70.2 Å². The lowest BCUT2D eigenvalue weighted by Gasteiger charge is -2.21. The Balaban J connectivity index is 0.983. The van der Waals surface area contributed by atoms with Gasteiger partial charge in [0.2, 0.25) is 0 Å². The molecule has 2 aliphatic carbocycles. The van der Waals surface area contributed by atoms with Crippen LogP contribution in [0.15, 0.2) is 188 Å². The molecule has 11 aromatic rings. The number of pyridine rings is 2. The van der Waals surface area contributed by atoms with Gasteiger partial charge in [-0.2, -0.15) is 0 Å². The molecule has 7 aromatic carbocycles. The maximum Gasteiger partial charge on any atom is 0.120 e. The summed E-state index contributed by atoms with van der Waals surface area (Å²) < 4.78 is 4.80. The van der Waals surface area contributed by atoms with E-state index in [0.29, 0.717) is 0 Å². The van der Waals surface area contributed by atoms with Crippen molar-refractivity contribution in [2.45, 2.75) is 25.7 Å². The Bertz CT molecular complexity index is 3780. The first-order valence-electron chi connectivity index (χ1n) is 22.2. The van der Waals surface area contributed by atoms with Gasteiger partial charge in [-0.1, -0.05) is 103 Å². The lowest BCUT2D eigenvalue weighted by molar-refractivity contribution is 0.943. The van der Waals surface area contributed by atoms with Crippen molar-refractivity contribution in [3.05, 3.63) is 217 Å². The molecule has 0 saturated heterocycles. The third-order valence-electron chi connectivity index (χ3n) is 13.3. The Hall–Kier alpha value is -8.26. The van der Waals surface area contributed by atoms with Crippen LogP contribution in [0.1, 0.15) is 36.1 Å². The third kappa shape index (κ3) is 5.93. The molecule has 4 heteroatoms. The molecule has 0 saturated carbocycles. The number of aryl methyl sites for hydroxylation is 1. The summed E-state index contributed by atoms with van der Waals surface area (Å²) in [4.78, 5) is 10.3. The van der Waals surface area contributed by atoms with E-state index in [1.807, 2.05) is 12.3 Å². The van der Waals surface area contributed by atoms with E-state index in [4.69, 9.17) is 9.97 Å². The lowest BCUT2D eigenvalue weighted by atomic mass is 9.86. The van der Waals surface area contributed by atoms with Gasteiger partial charge in [0.25, 0.3) is 0 Å². The Morgan fingerprint density at radius 3 is 2.09 bits per heavy atom. The Morgan fingerprint density at radius 1 is 0.531 bits per heavy atom. The number of para-hydroxylation sites is 3. The fourth-order valence-corrected chi connectivity index (χ4v) is 10.3. The number of aromatic nitrogens is 4. The summed E-state index contributed by atoms with van der Waals surface area (Å²) in [6.07, 6.45) is 15.2. The highest BCUT2D eigenvalue weighted by atomic mass is 15.0. The first-order valence-corrected chi connectivity index (χ1v) is 22.2. The van der Waals surface area contributed by atoms with Gasteiger partial charge in [0.15, 0.2) is 0 Å². The number of nitrogens with zero attached hydrogens (tertiary/aromatic N) is 4. The molecule has 64 heavy (non-hydrogen) atoms. The molecule has 0 N–H and O–H groups in total. The van der Waals surface area contributed by atoms with Gasteiger partial charge in [0.05, 0.1) is 27.8 Å². The summed E-state index contributed by atoms with van der Waals surface area (Å²) in [7, 11) is 0. The van der Waals surface area contributed by atoms with Crippen LogP contribution in [-0.2, 0) is 6.42 Å². The molecule has 0 radical (unpaired) electrons. The SMILES string of the molecule is c1ccc2cc(-c3cccc(-c4cc(-c5ccc6c(c5)c5ccccc5n6C5=CCCC=C5)nc5c4C=C(c4ccc6c(c4)c4ccccc4n6-c4ccccc4)CC5)c3)cnc2c#1. The van der Waals surface area contributed by atoms with Crippen molar-refractivity contribution in [3.63, 3.8) is 0 Å². The first kappa shape index (κ1) is 36.4. The summed E-state index contributed by atoms with van der Waals surface area (Å²) in [5, 5.41) is 6.06.